The van der Waals surface area contributed by atoms with Crippen LogP contribution in [-0.2, 0) is 16.1 Å². The lowest BCUT2D eigenvalue weighted by Crippen LogP contribution is -2.27. The minimum Gasteiger partial charge on any atom is -0.326 e. The number of nitrogens with one attached hydrogen (secondary N) is 1. The predicted octanol–water partition coefficient (Wildman–Crippen LogP) is 5.19. The highest BCUT2D eigenvalue weighted by molar-refractivity contribution is 8.18. The summed E-state index contributed by atoms with van der Waals surface area (Å²) in [6.45, 7) is 1.55. The molecule has 0 aliphatic carbocycles. The fourth-order valence-corrected chi connectivity index (χ4v) is 3.63. The van der Waals surface area contributed by atoms with E-state index >= 15 is 0 Å². The predicted molar refractivity (Wildman–Crippen MR) is 109 cm³/mol. The van der Waals surface area contributed by atoms with Gasteiger partial charge >= 0.3 is 0 Å². The van der Waals surface area contributed by atoms with Gasteiger partial charge in [0, 0.05) is 12.6 Å². The van der Waals surface area contributed by atoms with Crippen LogP contribution in [-0.4, -0.2) is 22.0 Å². The Labute approximate surface area is 170 Å². The highest BCUT2D eigenvalue weighted by Crippen LogP contribution is 2.34. The van der Waals surface area contributed by atoms with Gasteiger partial charge in [-0.15, -0.1) is 0 Å². The summed E-state index contributed by atoms with van der Waals surface area (Å²) in [5, 5.41) is 3.11. The van der Waals surface area contributed by atoms with Crippen LogP contribution in [0.4, 0.5) is 10.5 Å². The van der Waals surface area contributed by atoms with Crippen LogP contribution in [0.3, 0.4) is 0 Å². The second kappa shape index (κ2) is 8.17. The van der Waals surface area contributed by atoms with Gasteiger partial charge in [-0.25, -0.2) is 0 Å². The van der Waals surface area contributed by atoms with E-state index in [4.69, 9.17) is 23.2 Å². The van der Waals surface area contributed by atoms with Crippen LogP contribution in [0.2, 0.25) is 10.0 Å². The molecule has 0 unspecified atom stereocenters. The van der Waals surface area contributed by atoms with Gasteiger partial charge < -0.3 is 5.32 Å². The Bertz CT molecular complexity index is 958. The van der Waals surface area contributed by atoms with Gasteiger partial charge in [-0.3, -0.25) is 19.3 Å². The third-order valence-corrected chi connectivity index (χ3v) is 5.37. The molecule has 3 rings (SSSR count). The van der Waals surface area contributed by atoms with Gasteiger partial charge in [0.25, 0.3) is 11.1 Å². The quantitative estimate of drug-likeness (QED) is 0.691. The number of thioether (sulfide) groups is 1. The van der Waals surface area contributed by atoms with E-state index in [1.807, 2.05) is 0 Å². The summed E-state index contributed by atoms with van der Waals surface area (Å²) < 4.78 is 0. The van der Waals surface area contributed by atoms with Crippen LogP contribution in [0.15, 0.2) is 47.4 Å². The number of amides is 3. The van der Waals surface area contributed by atoms with Crippen LogP contribution in [0.25, 0.3) is 6.08 Å². The molecule has 1 N–H and O–H groups in total. The first-order valence-electron chi connectivity index (χ1n) is 7.90. The number of halogens is 2. The van der Waals surface area contributed by atoms with Crippen molar-refractivity contribution in [2.75, 3.05) is 5.32 Å². The highest BCUT2D eigenvalue weighted by Gasteiger charge is 2.35. The fraction of sp³-hybridized carbons (Fsp3) is 0.105. The van der Waals surface area contributed by atoms with E-state index in [0.29, 0.717) is 26.2 Å². The van der Waals surface area contributed by atoms with E-state index < -0.39 is 0 Å². The maximum atomic E-state index is 12.6. The van der Waals surface area contributed by atoms with Crippen LogP contribution in [0.5, 0.6) is 0 Å². The molecule has 0 atom stereocenters. The molecule has 0 radical (unpaired) electrons. The molecule has 1 aliphatic rings. The molecule has 1 heterocycles. The zero-order valence-corrected chi connectivity index (χ0v) is 16.5. The molecule has 2 aromatic carbocycles. The number of imide groups is 1. The van der Waals surface area contributed by atoms with Crippen molar-refractivity contribution in [1.29, 1.82) is 0 Å². The molecule has 1 saturated heterocycles. The van der Waals surface area contributed by atoms with Gasteiger partial charge in [0.05, 0.1) is 21.5 Å². The van der Waals surface area contributed by atoms with Gasteiger partial charge in [0.15, 0.2) is 0 Å². The first-order valence-corrected chi connectivity index (χ1v) is 9.47. The SMILES string of the molecule is CC(=O)Nc1ccc(C=C2SC(=O)N(Cc3ccc(Cl)c(Cl)c3)C2=O)cc1. The fourth-order valence-electron chi connectivity index (χ4n) is 2.47. The van der Waals surface area contributed by atoms with Crippen molar-refractivity contribution in [3.63, 3.8) is 0 Å². The van der Waals surface area contributed by atoms with E-state index in [0.717, 1.165) is 17.3 Å². The van der Waals surface area contributed by atoms with Crippen LogP contribution < -0.4 is 5.32 Å². The van der Waals surface area contributed by atoms with Crippen molar-refractivity contribution in [1.82, 2.24) is 4.90 Å². The second-order valence-electron chi connectivity index (χ2n) is 5.82. The zero-order valence-electron chi connectivity index (χ0n) is 14.2. The minimum atomic E-state index is -0.359. The number of hydrogen-bond acceptors (Lipinski definition) is 4. The summed E-state index contributed by atoms with van der Waals surface area (Å²) >= 11 is 12.8. The molecular formula is C19H14Cl2N2O3S. The molecule has 1 fully saturated rings. The molecule has 0 bridgehead atoms. The van der Waals surface area contributed by atoms with Crippen molar-refractivity contribution in [3.8, 4) is 0 Å². The number of carbonyl (C=O) groups excluding carboxylic acids is 3. The van der Waals surface area contributed by atoms with Crippen LogP contribution in [0.1, 0.15) is 18.1 Å². The van der Waals surface area contributed by atoms with E-state index in [-0.39, 0.29) is 23.6 Å². The standard InChI is InChI=1S/C19H14Cl2N2O3S/c1-11(24)22-14-5-2-12(3-6-14)9-17-18(25)23(19(26)27-17)10-13-4-7-15(20)16(21)8-13/h2-9H,10H2,1H3,(H,22,24). The zero-order chi connectivity index (χ0) is 19.6. The molecule has 2 aromatic rings. The molecule has 0 saturated carbocycles. The number of nitrogens with zero attached hydrogens (tertiary/aromatic N) is 1. The maximum absolute atomic E-state index is 12.6. The average molecular weight is 421 g/mol. The lowest BCUT2D eigenvalue weighted by molar-refractivity contribution is -0.123. The van der Waals surface area contributed by atoms with Gasteiger partial charge in [0.2, 0.25) is 5.91 Å². The van der Waals surface area contributed by atoms with Crippen molar-refractivity contribution in [2.45, 2.75) is 13.5 Å². The van der Waals surface area contributed by atoms with E-state index in [1.54, 1.807) is 48.5 Å². The first kappa shape index (κ1) is 19.5. The molecule has 0 spiro atoms. The molecule has 0 aromatic heterocycles. The normalized spacial score (nSPS) is 15.5. The Hall–Kier alpha value is -2.28. The smallest absolute Gasteiger partial charge is 0.293 e. The van der Waals surface area contributed by atoms with Gasteiger partial charge in [0.1, 0.15) is 0 Å². The maximum Gasteiger partial charge on any atom is 0.293 e. The number of carbonyl (C=O) groups is 3. The molecule has 8 heteroatoms. The molecule has 1 aliphatic heterocycles. The van der Waals surface area contributed by atoms with Crippen molar-refractivity contribution in [2.24, 2.45) is 0 Å². The molecule has 5 nitrogen and oxygen atoms in total. The summed E-state index contributed by atoms with van der Waals surface area (Å²) in [7, 11) is 0. The lowest BCUT2D eigenvalue weighted by atomic mass is 10.2. The molecule has 138 valence electrons. The molecule has 27 heavy (non-hydrogen) atoms. The topological polar surface area (TPSA) is 66.5 Å². The molecular weight excluding hydrogens is 407 g/mol. The lowest BCUT2D eigenvalue weighted by Gasteiger charge is -2.12. The Morgan fingerprint density at radius 3 is 2.44 bits per heavy atom. The van der Waals surface area contributed by atoms with Gasteiger partial charge in [-0.2, -0.15) is 0 Å². The average Bonchev–Trinajstić information content (AvgIpc) is 2.87. The Balaban J connectivity index is 1.75. The van der Waals surface area contributed by atoms with Gasteiger partial charge in [-0.1, -0.05) is 41.4 Å². The number of benzene rings is 2. The Kier molecular flexibility index (Phi) is 5.89. The van der Waals surface area contributed by atoms with Crippen LogP contribution >= 0.6 is 35.0 Å². The summed E-state index contributed by atoms with van der Waals surface area (Å²) in [6, 6.07) is 12.0. The Morgan fingerprint density at radius 2 is 1.81 bits per heavy atom. The van der Waals surface area contributed by atoms with Crippen molar-refractivity contribution in [3.05, 3.63) is 68.5 Å². The largest absolute Gasteiger partial charge is 0.326 e. The van der Waals surface area contributed by atoms with E-state index in [1.165, 1.54) is 11.8 Å². The minimum absolute atomic E-state index is 0.125. The highest BCUT2D eigenvalue weighted by atomic mass is 35.5. The summed E-state index contributed by atoms with van der Waals surface area (Å²) in [4.78, 5) is 37.4. The summed E-state index contributed by atoms with van der Waals surface area (Å²) in [5.41, 5.74) is 2.13. The molecule has 3 amide bonds. The van der Waals surface area contributed by atoms with E-state index in [9.17, 15) is 14.4 Å². The van der Waals surface area contributed by atoms with E-state index in [2.05, 4.69) is 5.32 Å². The van der Waals surface area contributed by atoms with Crippen molar-refractivity contribution < 1.29 is 14.4 Å². The number of anilines is 1. The van der Waals surface area contributed by atoms with Gasteiger partial charge in [-0.05, 0) is 53.2 Å². The Morgan fingerprint density at radius 1 is 1.11 bits per heavy atom. The number of rotatable bonds is 4. The second-order valence-corrected chi connectivity index (χ2v) is 7.63. The van der Waals surface area contributed by atoms with Crippen molar-refractivity contribution >= 4 is 63.8 Å². The third kappa shape index (κ3) is 4.71. The summed E-state index contributed by atoms with van der Waals surface area (Å²) in [5.74, 6) is -0.520. The third-order valence-electron chi connectivity index (χ3n) is 3.73. The monoisotopic (exact) mass is 420 g/mol. The first-order chi connectivity index (χ1) is 12.8. The summed E-state index contributed by atoms with van der Waals surface area (Å²) in [6.07, 6.45) is 1.65. The number of hydrogen-bond donors (Lipinski definition) is 1. The van der Waals surface area contributed by atoms with Crippen LogP contribution in [0, 0.1) is 0 Å².